The number of nitrogens with zero attached hydrogens (tertiary/aromatic N) is 3. The molecule has 0 unspecified atom stereocenters. The highest BCUT2D eigenvalue weighted by Gasteiger charge is 2.36. The van der Waals surface area contributed by atoms with Crippen molar-refractivity contribution in [3.05, 3.63) is 65.0 Å². The fraction of sp³-hybridized carbons (Fsp3) is 0.375. The van der Waals surface area contributed by atoms with Crippen LogP contribution in [0.2, 0.25) is 0 Å². The summed E-state index contributed by atoms with van der Waals surface area (Å²) in [7, 11) is 0. The van der Waals surface area contributed by atoms with Crippen molar-refractivity contribution in [3.63, 3.8) is 0 Å². The monoisotopic (exact) mass is 434 g/mol. The van der Waals surface area contributed by atoms with Crippen molar-refractivity contribution >= 4 is 23.6 Å². The van der Waals surface area contributed by atoms with E-state index in [9.17, 15) is 19.2 Å². The first-order chi connectivity index (χ1) is 15.3. The molecule has 8 heteroatoms. The van der Waals surface area contributed by atoms with E-state index in [4.69, 9.17) is 0 Å². The minimum absolute atomic E-state index is 0.0710. The Hall–Kier alpha value is -3.55. The van der Waals surface area contributed by atoms with Crippen molar-refractivity contribution < 1.29 is 19.2 Å². The zero-order valence-electron chi connectivity index (χ0n) is 18.2. The maximum atomic E-state index is 12.8. The van der Waals surface area contributed by atoms with Crippen LogP contribution >= 0.6 is 0 Å². The van der Waals surface area contributed by atoms with Gasteiger partial charge in [-0.2, -0.15) is 0 Å². The van der Waals surface area contributed by atoms with Crippen LogP contribution in [0.25, 0.3) is 0 Å². The lowest BCUT2D eigenvalue weighted by atomic mass is 10.0. The highest BCUT2D eigenvalue weighted by molar-refractivity contribution is 6.22. The molecule has 0 bridgehead atoms. The lowest BCUT2D eigenvalue weighted by Gasteiger charge is -2.32. The highest BCUT2D eigenvalue weighted by Crippen LogP contribution is 2.25. The normalized spacial score (nSPS) is 16.5. The molecule has 8 nitrogen and oxygen atoms in total. The molecule has 1 N–H and O–H groups in total. The first-order valence-corrected chi connectivity index (χ1v) is 10.9. The number of piperidine rings is 1. The number of hydrogen-bond acceptors (Lipinski definition) is 5. The molecule has 32 heavy (non-hydrogen) atoms. The van der Waals surface area contributed by atoms with Crippen molar-refractivity contribution in [2.75, 3.05) is 19.6 Å². The number of benzene rings is 1. The van der Waals surface area contributed by atoms with Crippen LogP contribution < -0.4 is 5.32 Å². The summed E-state index contributed by atoms with van der Waals surface area (Å²) >= 11 is 0. The van der Waals surface area contributed by atoms with Gasteiger partial charge in [-0.25, -0.2) is 0 Å². The molecule has 3 heterocycles. The lowest BCUT2D eigenvalue weighted by Crippen LogP contribution is -2.46. The molecule has 4 amide bonds. The van der Waals surface area contributed by atoms with Gasteiger partial charge in [0.1, 0.15) is 5.69 Å². The van der Waals surface area contributed by atoms with Gasteiger partial charge in [-0.05, 0) is 49.1 Å². The van der Waals surface area contributed by atoms with Crippen LogP contribution in [0, 0.1) is 5.92 Å². The third-order valence-corrected chi connectivity index (χ3v) is 5.78. The minimum atomic E-state index is -0.352. The van der Waals surface area contributed by atoms with E-state index in [2.05, 4.69) is 10.3 Å². The number of pyridine rings is 1. The van der Waals surface area contributed by atoms with Gasteiger partial charge in [0, 0.05) is 37.4 Å². The Morgan fingerprint density at radius 3 is 2.44 bits per heavy atom. The number of carbonyl (C=O) groups excluding carboxylic acids is 4. The number of carbonyl (C=O) groups is 4. The molecule has 166 valence electrons. The van der Waals surface area contributed by atoms with E-state index in [-0.39, 0.29) is 41.2 Å². The van der Waals surface area contributed by atoms with Gasteiger partial charge in [0.2, 0.25) is 0 Å². The first-order valence-electron chi connectivity index (χ1n) is 10.9. The number of aromatic nitrogens is 1. The molecule has 1 saturated heterocycles. The predicted octanol–water partition coefficient (Wildman–Crippen LogP) is 2.37. The maximum absolute atomic E-state index is 12.8. The molecule has 1 fully saturated rings. The summed E-state index contributed by atoms with van der Waals surface area (Å²) in [6, 6.07) is 9.81. The number of rotatable bonds is 5. The molecule has 4 rings (SSSR count). The number of hydrogen-bond donors (Lipinski definition) is 1. The SMILES string of the molecule is CC(C)CN1C(=O)c2ccc(C(=O)NC3CCN(C(=O)c4ccccn4)CC3)cc2C1=O. The number of fused-ring (bicyclic) bond motifs is 1. The standard InChI is InChI=1S/C24H26N4O4/c1-15(2)14-28-22(30)18-7-6-16(13-19(18)23(28)31)21(29)26-17-8-11-27(12-9-17)24(32)20-5-3-4-10-25-20/h3-7,10,13,15,17H,8-9,11-12,14H2,1-2H3,(H,26,29). The third kappa shape index (κ3) is 4.26. The van der Waals surface area contributed by atoms with Crippen LogP contribution in [0.1, 0.15) is 68.3 Å². The van der Waals surface area contributed by atoms with Crippen molar-refractivity contribution in [2.45, 2.75) is 32.7 Å². The molecule has 1 aromatic heterocycles. The number of amides is 4. The molecular formula is C24H26N4O4. The summed E-state index contributed by atoms with van der Waals surface area (Å²) in [5.41, 5.74) is 1.38. The van der Waals surface area contributed by atoms with Gasteiger partial charge in [-0.3, -0.25) is 29.1 Å². The van der Waals surface area contributed by atoms with Gasteiger partial charge in [0.05, 0.1) is 11.1 Å². The fourth-order valence-electron chi connectivity index (χ4n) is 4.11. The van der Waals surface area contributed by atoms with Crippen molar-refractivity contribution in [1.29, 1.82) is 0 Å². The largest absolute Gasteiger partial charge is 0.349 e. The topological polar surface area (TPSA) is 99.7 Å². The summed E-state index contributed by atoms with van der Waals surface area (Å²) in [6.45, 7) is 5.29. The van der Waals surface area contributed by atoms with E-state index in [1.165, 1.54) is 11.0 Å². The molecule has 0 saturated carbocycles. The van der Waals surface area contributed by atoms with Gasteiger partial charge in [-0.1, -0.05) is 19.9 Å². The van der Waals surface area contributed by atoms with Gasteiger partial charge >= 0.3 is 0 Å². The van der Waals surface area contributed by atoms with Crippen LogP contribution in [-0.2, 0) is 0 Å². The van der Waals surface area contributed by atoms with E-state index in [1.54, 1.807) is 41.4 Å². The van der Waals surface area contributed by atoms with E-state index in [0.717, 1.165) is 0 Å². The second-order valence-electron chi connectivity index (χ2n) is 8.63. The second kappa shape index (κ2) is 8.90. The van der Waals surface area contributed by atoms with Crippen LogP contribution in [0.3, 0.4) is 0 Å². The predicted molar refractivity (Wildman–Crippen MR) is 117 cm³/mol. The Bertz CT molecular complexity index is 1060. The quantitative estimate of drug-likeness (QED) is 0.729. The Morgan fingerprint density at radius 2 is 1.78 bits per heavy atom. The van der Waals surface area contributed by atoms with E-state index >= 15 is 0 Å². The Balaban J connectivity index is 1.37. The Morgan fingerprint density at radius 1 is 1.06 bits per heavy atom. The zero-order chi connectivity index (χ0) is 22.8. The number of imide groups is 1. The average molecular weight is 434 g/mol. The van der Waals surface area contributed by atoms with Gasteiger partial charge in [-0.15, -0.1) is 0 Å². The fourth-order valence-corrected chi connectivity index (χ4v) is 4.11. The first kappa shape index (κ1) is 21.7. The molecule has 1 aromatic carbocycles. The van der Waals surface area contributed by atoms with E-state index in [1.807, 2.05) is 13.8 Å². The van der Waals surface area contributed by atoms with Crippen LogP contribution in [0.4, 0.5) is 0 Å². The van der Waals surface area contributed by atoms with Crippen LogP contribution in [-0.4, -0.2) is 64.1 Å². The van der Waals surface area contributed by atoms with Crippen molar-refractivity contribution in [3.8, 4) is 0 Å². The zero-order valence-corrected chi connectivity index (χ0v) is 18.2. The molecule has 2 aliphatic heterocycles. The highest BCUT2D eigenvalue weighted by atomic mass is 16.2. The van der Waals surface area contributed by atoms with Crippen LogP contribution in [0.15, 0.2) is 42.6 Å². The molecule has 0 atom stereocenters. The minimum Gasteiger partial charge on any atom is -0.349 e. The van der Waals surface area contributed by atoms with Crippen LogP contribution in [0.5, 0.6) is 0 Å². The maximum Gasteiger partial charge on any atom is 0.272 e. The summed E-state index contributed by atoms with van der Waals surface area (Å²) < 4.78 is 0. The summed E-state index contributed by atoms with van der Waals surface area (Å²) in [4.78, 5) is 57.6. The van der Waals surface area contributed by atoms with E-state index < -0.39 is 0 Å². The molecule has 2 aromatic rings. The Labute approximate surface area is 186 Å². The van der Waals surface area contributed by atoms with Gasteiger partial charge in [0.15, 0.2) is 0 Å². The smallest absolute Gasteiger partial charge is 0.272 e. The molecule has 2 aliphatic rings. The number of nitrogens with one attached hydrogen (secondary N) is 1. The average Bonchev–Trinajstić information content (AvgIpc) is 3.03. The molecule has 0 spiro atoms. The molecular weight excluding hydrogens is 408 g/mol. The summed E-state index contributed by atoms with van der Waals surface area (Å²) in [5, 5.41) is 2.99. The van der Waals surface area contributed by atoms with Crippen molar-refractivity contribution in [1.82, 2.24) is 20.1 Å². The Kier molecular flexibility index (Phi) is 6.03. The molecule has 0 aliphatic carbocycles. The number of likely N-dealkylation sites (tertiary alicyclic amines) is 1. The van der Waals surface area contributed by atoms with E-state index in [0.29, 0.717) is 49.3 Å². The third-order valence-electron chi connectivity index (χ3n) is 5.78. The lowest BCUT2D eigenvalue weighted by molar-refractivity contribution is 0.0633. The van der Waals surface area contributed by atoms with Gasteiger partial charge in [0.25, 0.3) is 23.6 Å². The summed E-state index contributed by atoms with van der Waals surface area (Å²) in [5.74, 6) is -0.895. The van der Waals surface area contributed by atoms with Crippen molar-refractivity contribution in [2.24, 2.45) is 5.92 Å². The summed E-state index contributed by atoms with van der Waals surface area (Å²) in [6.07, 6.45) is 2.86. The second-order valence-corrected chi connectivity index (χ2v) is 8.63. The molecule has 0 radical (unpaired) electrons. The van der Waals surface area contributed by atoms with Gasteiger partial charge < -0.3 is 10.2 Å².